The summed E-state index contributed by atoms with van der Waals surface area (Å²) in [6.45, 7) is 19.9. The number of pyridine rings is 2. The number of aromatic nitrogens is 5. The topological polar surface area (TPSA) is 106 Å². The molecule has 10 nitrogen and oxygen atoms in total. The second kappa shape index (κ2) is 11.1. The third-order valence-corrected chi connectivity index (χ3v) is 8.56. The Bertz CT molecular complexity index is 1560. The van der Waals surface area contributed by atoms with Gasteiger partial charge in [0.15, 0.2) is 5.65 Å². The summed E-state index contributed by atoms with van der Waals surface area (Å²) in [5.41, 5.74) is 8.35. The predicted octanol–water partition coefficient (Wildman–Crippen LogP) is 4.14. The van der Waals surface area contributed by atoms with Gasteiger partial charge in [-0.3, -0.25) is 9.69 Å². The molecular weight excluding hydrogens is 516 g/mol. The Balaban J connectivity index is 1.42. The van der Waals surface area contributed by atoms with E-state index in [0.717, 1.165) is 45.9 Å². The second-order valence-corrected chi connectivity index (χ2v) is 12.7. The van der Waals surface area contributed by atoms with Crippen molar-refractivity contribution in [3.8, 4) is 11.3 Å². The minimum atomic E-state index is -0.188. The lowest BCUT2D eigenvalue weighted by Gasteiger charge is -2.42. The van der Waals surface area contributed by atoms with Gasteiger partial charge in [-0.25, -0.2) is 14.5 Å². The first-order valence-electron chi connectivity index (χ1n) is 14.6. The first-order valence-corrected chi connectivity index (χ1v) is 14.6. The summed E-state index contributed by atoms with van der Waals surface area (Å²) in [6, 6.07) is 4.34. The van der Waals surface area contributed by atoms with Crippen LogP contribution in [0.15, 0.2) is 24.7 Å². The quantitative estimate of drug-likeness (QED) is 0.350. The fourth-order valence-corrected chi connectivity index (χ4v) is 6.02. The Labute approximate surface area is 242 Å². The summed E-state index contributed by atoms with van der Waals surface area (Å²) < 4.78 is 1.85. The summed E-state index contributed by atoms with van der Waals surface area (Å²) >= 11 is 0. The first kappa shape index (κ1) is 29.0. The van der Waals surface area contributed by atoms with Gasteiger partial charge in [0.2, 0.25) is 5.91 Å². The van der Waals surface area contributed by atoms with Crippen LogP contribution in [0.5, 0.6) is 0 Å². The van der Waals surface area contributed by atoms with Crippen LogP contribution in [0.4, 0.5) is 5.82 Å². The van der Waals surface area contributed by atoms with Crippen molar-refractivity contribution in [3.63, 3.8) is 0 Å². The number of H-pyrrole nitrogens is 1. The number of nitrogens with zero attached hydrogens (tertiary/aromatic N) is 7. The van der Waals surface area contributed by atoms with Crippen LogP contribution < -0.4 is 4.90 Å². The van der Waals surface area contributed by atoms with Crippen LogP contribution in [-0.4, -0.2) is 96.3 Å². The van der Waals surface area contributed by atoms with Gasteiger partial charge in [-0.2, -0.15) is 5.10 Å². The fraction of sp³-hybridized carbons (Fsp3) is 0.548. The van der Waals surface area contributed by atoms with E-state index in [-0.39, 0.29) is 30.0 Å². The standard InChI is InChI=1S/C31H44N8O2/c1-19(2)27-28(23-16-39-30(32-18-33-39)22(5)21(23)4)34-24-9-10-25(35-29(24)27)38-12-11-36(15-20(38)3)26(41)17-37(13-14-40)31(6,7)8/h9-10,16,18-20,34,40H,11-15,17H2,1-8H3/t20-/m1/s1. The zero-order valence-corrected chi connectivity index (χ0v) is 25.7. The Hall–Kier alpha value is -3.50. The van der Waals surface area contributed by atoms with Crippen molar-refractivity contribution in [1.29, 1.82) is 0 Å². The number of hydrogen-bond donors (Lipinski definition) is 2. The van der Waals surface area contributed by atoms with Crippen LogP contribution in [0, 0.1) is 13.8 Å². The molecule has 2 N–H and O–H groups in total. The molecule has 10 heteroatoms. The molecule has 4 aromatic rings. The highest BCUT2D eigenvalue weighted by molar-refractivity contribution is 5.90. The van der Waals surface area contributed by atoms with Crippen LogP contribution in [0.1, 0.15) is 64.2 Å². The number of β-amino-alcohol motifs (C(OH)–C–C–N with tert-alkyl or cyclic N) is 1. The third-order valence-electron chi connectivity index (χ3n) is 8.56. The Morgan fingerprint density at radius 2 is 1.95 bits per heavy atom. The molecule has 0 saturated carbocycles. The third kappa shape index (κ3) is 5.42. The molecule has 0 unspecified atom stereocenters. The number of aliphatic hydroxyl groups is 1. The van der Waals surface area contributed by atoms with Crippen LogP contribution in [0.3, 0.4) is 0 Å². The summed E-state index contributed by atoms with van der Waals surface area (Å²) in [4.78, 5) is 32.8. The van der Waals surface area contributed by atoms with E-state index in [1.807, 2.05) is 14.3 Å². The van der Waals surface area contributed by atoms with E-state index in [1.165, 1.54) is 11.1 Å². The lowest BCUT2D eigenvalue weighted by Crippen LogP contribution is -2.57. The van der Waals surface area contributed by atoms with Gasteiger partial charge in [-0.05, 0) is 70.7 Å². The first-order chi connectivity index (χ1) is 19.4. The smallest absolute Gasteiger partial charge is 0.236 e. The molecule has 5 rings (SSSR count). The van der Waals surface area contributed by atoms with Crippen molar-refractivity contribution in [3.05, 3.63) is 41.3 Å². The molecule has 1 saturated heterocycles. The number of anilines is 1. The van der Waals surface area contributed by atoms with Gasteiger partial charge in [0.25, 0.3) is 0 Å². The maximum atomic E-state index is 13.2. The molecular formula is C31H44N8O2. The zero-order valence-electron chi connectivity index (χ0n) is 25.7. The molecule has 1 aliphatic rings. The second-order valence-electron chi connectivity index (χ2n) is 12.7. The molecule has 41 heavy (non-hydrogen) atoms. The van der Waals surface area contributed by atoms with Gasteiger partial charge in [0, 0.05) is 55.1 Å². The number of carbonyl (C=O) groups excluding carboxylic acids is 1. The van der Waals surface area contributed by atoms with E-state index in [9.17, 15) is 9.90 Å². The van der Waals surface area contributed by atoms with E-state index in [1.54, 1.807) is 6.33 Å². The molecule has 0 bridgehead atoms. The molecule has 1 aliphatic heterocycles. The maximum absolute atomic E-state index is 13.2. The average Bonchev–Trinajstić information content (AvgIpc) is 3.54. The molecule has 220 valence electrons. The number of aliphatic hydroxyl groups excluding tert-OH is 1. The fourth-order valence-electron chi connectivity index (χ4n) is 6.02. The zero-order chi connectivity index (χ0) is 29.6. The molecule has 0 spiro atoms. The molecule has 1 atom stereocenters. The molecule has 5 heterocycles. The van der Waals surface area contributed by atoms with Crippen molar-refractivity contribution in [1.82, 2.24) is 34.4 Å². The van der Waals surface area contributed by atoms with Crippen LogP contribution in [0.2, 0.25) is 0 Å². The SMILES string of the molecule is Cc1c(-c2[nH]c3ccc(N4CCN(C(=O)CN(CCO)C(C)(C)C)C[C@H]4C)nc3c2C(C)C)cn2ncnc2c1C. The highest BCUT2D eigenvalue weighted by Crippen LogP contribution is 2.38. The molecule has 0 radical (unpaired) electrons. The number of rotatable bonds is 7. The maximum Gasteiger partial charge on any atom is 0.236 e. The lowest BCUT2D eigenvalue weighted by molar-refractivity contribution is -0.134. The van der Waals surface area contributed by atoms with Crippen molar-refractivity contribution < 1.29 is 9.90 Å². The van der Waals surface area contributed by atoms with E-state index in [0.29, 0.717) is 26.2 Å². The van der Waals surface area contributed by atoms with Crippen molar-refractivity contribution in [2.45, 2.75) is 72.9 Å². The van der Waals surface area contributed by atoms with Gasteiger partial charge in [0.05, 0.1) is 29.9 Å². The highest BCUT2D eigenvalue weighted by atomic mass is 16.3. The Morgan fingerprint density at radius 3 is 2.61 bits per heavy atom. The van der Waals surface area contributed by atoms with E-state index < -0.39 is 0 Å². The number of aromatic amines is 1. The van der Waals surface area contributed by atoms with Crippen molar-refractivity contribution >= 4 is 28.4 Å². The van der Waals surface area contributed by atoms with Crippen molar-refractivity contribution in [2.75, 3.05) is 44.2 Å². The number of fused-ring (bicyclic) bond motifs is 2. The van der Waals surface area contributed by atoms with Gasteiger partial charge in [-0.15, -0.1) is 0 Å². The molecule has 0 aromatic carbocycles. The van der Waals surface area contributed by atoms with Crippen LogP contribution in [0.25, 0.3) is 27.9 Å². The largest absolute Gasteiger partial charge is 0.395 e. The van der Waals surface area contributed by atoms with E-state index in [4.69, 9.17) is 4.98 Å². The number of piperazine rings is 1. The van der Waals surface area contributed by atoms with Gasteiger partial charge >= 0.3 is 0 Å². The Kier molecular flexibility index (Phi) is 7.82. The van der Waals surface area contributed by atoms with Gasteiger partial charge < -0.3 is 19.9 Å². The molecule has 4 aromatic heterocycles. The normalized spacial score (nSPS) is 16.6. The summed E-state index contributed by atoms with van der Waals surface area (Å²) in [5, 5.41) is 13.9. The van der Waals surface area contributed by atoms with Gasteiger partial charge in [0.1, 0.15) is 12.1 Å². The van der Waals surface area contributed by atoms with Crippen LogP contribution in [-0.2, 0) is 4.79 Å². The molecule has 0 aliphatic carbocycles. The number of amides is 1. The lowest BCUT2D eigenvalue weighted by atomic mass is 9.95. The monoisotopic (exact) mass is 560 g/mol. The number of nitrogens with one attached hydrogen (secondary N) is 1. The van der Waals surface area contributed by atoms with E-state index in [2.05, 4.69) is 93.7 Å². The predicted molar refractivity (Wildman–Crippen MR) is 163 cm³/mol. The minimum absolute atomic E-state index is 0.0380. The number of hydrogen-bond acceptors (Lipinski definition) is 7. The number of carbonyl (C=O) groups is 1. The minimum Gasteiger partial charge on any atom is -0.395 e. The highest BCUT2D eigenvalue weighted by Gasteiger charge is 2.31. The number of aryl methyl sites for hydroxylation is 1. The summed E-state index contributed by atoms with van der Waals surface area (Å²) in [6.07, 6.45) is 3.65. The molecule has 1 amide bonds. The molecule has 1 fully saturated rings. The summed E-state index contributed by atoms with van der Waals surface area (Å²) in [7, 11) is 0. The summed E-state index contributed by atoms with van der Waals surface area (Å²) in [5.74, 6) is 1.29. The van der Waals surface area contributed by atoms with Crippen molar-refractivity contribution in [2.24, 2.45) is 0 Å². The van der Waals surface area contributed by atoms with Gasteiger partial charge in [-0.1, -0.05) is 13.8 Å². The van der Waals surface area contributed by atoms with Crippen LogP contribution >= 0.6 is 0 Å². The average molecular weight is 561 g/mol. The Morgan fingerprint density at radius 1 is 1.20 bits per heavy atom. The van der Waals surface area contributed by atoms with E-state index >= 15 is 0 Å².